The van der Waals surface area contributed by atoms with E-state index in [9.17, 15) is 45.8 Å². The fourth-order valence-corrected chi connectivity index (χ4v) is 9.31. The van der Waals surface area contributed by atoms with E-state index in [-0.39, 0.29) is 36.0 Å². The number of fused-ring (bicyclic) bond motifs is 4. The number of hydrazine groups is 1. The Morgan fingerprint density at radius 3 is 2.04 bits per heavy atom. The van der Waals surface area contributed by atoms with Crippen molar-refractivity contribution in [2.75, 3.05) is 17.4 Å². The molecule has 4 aromatic rings. The van der Waals surface area contributed by atoms with Gasteiger partial charge in [-0.2, -0.15) is 31.4 Å². The quantitative estimate of drug-likeness (QED) is 0.116. The molecular weight excluding hydrogens is 756 g/mol. The van der Waals surface area contributed by atoms with Crippen LogP contribution >= 0.6 is 0 Å². The lowest BCUT2D eigenvalue weighted by Gasteiger charge is -2.50. The second-order valence-electron chi connectivity index (χ2n) is 14.8. The van der Waals surface area contributed by atoms with Gasteiger partial charge in [-0.1, -0.05) is 65.7 Å². The van der Waals surface area contributed by atoms with E-state index >= 15 is 4.79 Å². The average molecular weight is 790 g/mol. The Hall–Kier alpha value is -6.12. The monoisotopic (exact) mass is 789 g/mol. The topological polar surface area (TPSA) is 116 Å². The summed E-state index contributed by atoms with van der Waals surface area (Å²) in [5.41, 5.74) is -0.718. The van der Waals surface area contributed by atoms with E-state index < -0.39 is 87.8 Å². The number of carbonyl (C=O) groups is 4. The van der Waals surface area contributed by atoms with Gasteiger partial charge in [0.1, 0.15) is 11.5 Å². The highest BCUT2D eigenvalue weighted by Crippen LogP contribution is 2.65. The first-order valence-electron chi connectivity index (χ1n) is 18.0. The van der Waals surface area contributed by atoms with Crippen LogP contribution in [0.3, 0.4) is 0 Å². The number of imide groups is 2. The average Bonchev–Trinajstić information content (AvgIpc) is 3.56. The van der Waals surface area contributed by atoms with Crippen molar-refractivity contribution in [3.63, 3.8) is 0 Å². The van der Waals surface area contributed by atoms with Gasteiger partial charge in [0.15, 0.2) is 0 Å². The number of hydrogen-bond acceptors (Lipinski definition) is 7. The highest BCUT2D eigenvalue weighted by Gasteiger charge is 2.70. The fourth-order valence-electron chi connectivity index (χ4n) is 9.31. The van der Waals surface area contributed by atoms with Gasteiger partial charge in [-0.15, -0.1) is 0 Å². The fraction of sp³-hybridized carbons (Fsp3) is 0.286. The van der Waals surface area contributed by atoms with Gasteiger partial charge in [-0.25, -0.2) is 4.90 Å². The van der Waals surface area contributed by atoms with Crippen molar-refractivity contribution in [3.05, 3.63) is 130 Å². The van der Waals surface area contributed by atoms with Crippen LogP contribution in [0.2, 0.25) is 0 Å². The Balaban J connectivity index is 1.31. The molecule has 1 saturated carbocycles. The lowest BCUT2D eigenvalue weighted by molar-refractivity contribution is -0.143. The Kier molecular flexibility index (Phi) is 8.78. The molecule has 2 heterocycles. The maximum absolute atomic E-state index is 15.2. The number of anilines is 2. The number of halogens is 6. The van der Waals surface area contributed by atoms with Crippen molar-refractivity contribution in [2.24, 2.45) is 23.7 Å². The normalized spacial score (nSPS) is 25.9. The predicted octanol–water partition coefficient (Wildman–Crippen LogP) is 7.94. The number of nitrogens with one attached hydrogen (secondary N) is 1. The van der Waals surface area contributed by atoms with Crippen LogP contribution in [-0.2, 0) is 36.9 Å². The molecule has 3 fully saturated rings. The Morgan fingerprint density at radius 1 is 0.789 bits per heavy atom. The molecule has 6 atom stereocenters. The number of phenolic OH excluding ortho intramolecular Hbond substituents is 1. The van der Waals surface area contributed by atoms with Crippen molar-refractivity contribution in [1.82, 2.24) is 5.01 Å². The van der Waals surface area contributed by atoms with E-state index in [2.05, 4.69) is 5.43 Å². The zero-order valence-electron chi connectivity index (χ0n) is 30.2. The number of hydrogen-bond donors (Lipinski definition) is 2. The molecule has 8 rings (SSSR count). The summed E-state index contributed by atoms with van der Waals surface area (Å²) in [5, 5.41) is 12.6. The van der Waals surface area contributed by atoms with E-state index in [1.165, 1.54) is 13.2 Å². The number of benzene rings is 4. The predicted molar refractivity (Wildman–Crippen MR) is 192 cm³/mol. The summed E-state index contributed by atoms with van der Waals surface area (Å²) in [6.45, 7) is 1.86. The molecule has 2 aliphatic heterocycles. The van der Waals surface area contributed by atoms with Gasteiger partial charge in [0.05, 0.1) is 52.8 Å². The number of alkyl halides is 6. The summed E-state index contributed by atoms with van der Waals surface area (Å²) in [5.74, 6) is -9.34. The van der Waals surface area contributed by atoms with E-state index in [4.69, 9.17) is 4.74 Å². The van der Waals surface area contributed by atoms with Gasteiger partial charge in [0, 0.05) is 17.5 Å². The van der Waals surface area contributed by atoms with Crippen molar-refractivity contribution in [1.29, 1.82) is 0 Å². The minimum atomic E-state index is -5.24. The first-order valence-corrected chi connectivity index (χ1v) is 18.0. The molecule has 15 heteroatoms. The third kappa shape index (κ3) is 5.84. The number of ether oxygens (including phenoxy) is 1. The standard InChI is InChI=1S/C42H33F6N3O6/c1-21-8-10-25(11-9-21)49-51-37(54)32-20-31-28(35(29-13-12-27(57-2)19-33(29)52)40(32,39(51)56)22-6-4-3-5-7-22)14-15-30-34(31)38(55)50(36(30)53)26-17-23(41(43,44)45)16-24(18-26)42(46,47)48/h3-14,16-19,30-32,34-35,49,52H,15,20H2,1-2H3. The molecule has 2 N–H and O–H groups in total. The number of methoxy groups -OCH3 is 1. The summed E-state index contributed by atoms with van der Waals surface area (Å²) >= 11 is 0. The van der Waals surface area contributed by atoms with Gasteiger partial charge in [-0.05, 0) is 67.6 Å². The second kappa shape index (κ2) is 13.2. The van der Waals surface area contributed by atoms with E-state index in [0.717, 1.165) is 10.6 Å². The van der Waals surface area contributed by atoms with Crippen LogP contribution in [0.25, 0.3) is 0 Å². The summed E-state index contributed by atoms with van der Waals surface area (Å²) < 4.78 is 88.8. The molecule has 294 valence electrons. The first-order chi connectivity index (χ1) is 27.0. The van der Waals surface area contributed by atoms with Gasteiger partial charge in [0.2, 0.25) is 11.8 Å². The van der Waals surface area contributed by atoms with E-state index in [1.807, 2.05) is 6.92 Å². The highest BCUT2D eigenvalue weighted by molar-refractivity contribution is 6.22. The number of phenols is 1. The van der Waals surface area contributed by atoms with Gasteiger partial charge >= 0.3 is 12.4 Å². The van der Waals surface area contributed by atoms with Crippen LogP contribution < -0.4 is 15.1 Å². The lowest BCUT2D eigenvalue weighted by Crippen LogP contribution is -2.53. The number of nitrogens with zero attached hydrogens (tertiary/aromatic N) is 2. The van der Waals surface area contributed by atoms with Crippen LogP contribution in [0.5, 0.6) is 11.5 Å². The molecule has 0 aromatic heterocycles. The van der Waals surface area contributed by atoms with Crippen LogP contribution in [-0.4, -0.2) is 40.9 Å². The van der Waals surface area contributed by atoms with Crippen LogP contribution in [0.4, 0.5) is 37.7 Å². The number of amides is 4. The molecule has 9 nitrogen and oxygen atoms in total. The van der Waals surface area contributed by atoms with Crippen LogP contribution in [0.1, 0.15) is 46.6 Å². The largest absolute Gasteiger partial charge is 0.508 e. The second-order valence-corrected chi connectivity index (χ2v) is 14.8. The number of aryl methyl sites for hydroxylation is 1. The molecule has 4 amide bonds. The Labute approximate surface area is 321 Å². The molecule has 2 aliphatic carbocycles. The van der Waals surface area contributed by atoms with E-state index in [1.54, 1.807) is 72.8 Å². The zero-order chi connectivity index (χ0) is 40.8. The molecule has 4 aliphatic rings. The number of rotatable bonds is 6. The highest BCUT2D eigenvalue weighted by atomic mass is 19.4. The van der Waals surface area contributed by atoms with Crippen molar-refractivity contribution in [3.8, 4) is 11.5 Å². The number of aromatic hydroxyl groups is 1. The summed E-state index contributed by atoms with van der Waals surface area (Å²) in [6, 6.07) is 20.4. The zero-order valence-corrected chi connectivity index (χ0v) is 30.2. The maximum atomic E-state index is 15.2. The smallest absolute Gasteiger partial charge is 0.416 e. The van der Waals surface area contributed by atoms with Gasteiger partial charge < -0.3 is 9.84 Å². The Morgan fingerprint density at radius 2 is 1.44 bits per heavy atom. The van der Waals surface area contributed by atoms with Gasteiger partial charge in [0.25, 0.3) is 11.8 Å². The third-order valence-corrected chi connectivity index (χ3v) is 11.8. The van der Waals surface area contributed by atoms with Crippen molar-refractivity contribution in [2.45, 2.75) is 43.5 Å². The van der Waals surface area contributed by atoms with Crippen molar-refractivity contribution < 1.29 is 55.4 Å². The van der Waals surface area contributed by atoms with Crippen LogP contribution in [0, 0.1) is 30.6 Å². The first kappa shape index (κ1) is 37.8. The molecule has 0 radical (unpaired) electrons. The molecule has 4 aromatic carbocycles. The number of carbonyl (C=O) groups excluding carboxylic acids is 4. The molecule has 6 unspecified atom stereocenters. The van der Waals surface area contributed by atoms with E-state index in [0.29, 0.717) is 33.9 Å². The summed E-state index contributed by atoms with van der Waals surface area (Å²) in [6.07, 6.45) is -9.20. The van der Waals surface area contributed by atoms with Crippen LogP contribution in [0.15, 0.2) is 103 Å². The summed E-state index contributed by atoms with van der Waals surface area (Å²) in [4.78, 5) is 59.0. The minimum absolute atomic E-state index is 0.0867. The molecule has 2 saturated heterocycles. The van der Waals surface area contributed by atoms with Crippen molar-refractivity contribution >= 4 is 35.0 Å². The lowest BCUT2D eigenvalue weighted by atomic mass is 9.49. The molecule has 0 bridgehead atoms. The molecule has 0 spiro atoms. The molecular formula is C42H33F6N3O6. The summed E-state index contributed by atoms with van der Waals surface area (Å²) in [7, 11) is 1.39. The maximum Gasteiger partial charge on any atom is 0.416 e. The third-order valence-electron chi connectivity index (χ3n) is 11.8. The Bertz CT molecular complexity index is 2330. The SMILES string of the molecule is COc1ccc(C2C3=CCC4C(=O)N(c5cc(C(F)(F)F)cc(C(F)(F)F)c5)C(=O)C4C3CC3C(=O)N(Nc4ccc(C)cc4)C(=O)C32c2ccccc2)c(O)c1. The number of allylic oxidation sites excluding steroid dienone is 2. The van der Waals surface area contributed by atoms with Gasteiger partial charge in [-0.3, -0.25) is 24.6 Å². The molecule has 57 heavy (non-hydrogen) atoms. The minimum Gasteiger partial charge on any atom is -0.508 e.